The van der Waals surface area contributed by atoms with Crippen molar-refractivity contribution >= 4 is 23.4 Å². The molecule has 7 heteroatoms. The van der Waals surface area contributed by atoms with E-state index in [0.29, 0.717) is 22.3 Å². The molecule has 0 spiro atoms. The van der Waals surface area contributed by atoms with Crippen LogP contribution in [0.3, 0.4) is 0 Å². The van der Waals surface area contributed by atoms with Crippen molar-refractivity contribution in [2.75, 3.05) is 20.6 Å². The van der Waals surface area contributed by atoms with Gasteiger partial charge in [0.1, 0.15) is 5.52 Å². The summed E-state index contributed by atoms with van der Waals surface area (Å²) in [5.74, 6) is 0.269. The average Bonchev–Trinajstić information content (AvgIpc) is 2.35. The number of hydrogen-bond donors (Lipinski definition) is 0. The summed E-state index contributed by atoms with van der Waals surface area (Å²) >= 11 is 0. The Morgan fingerprint density at radius 3 is 2.74 bits per heavy atom. The third-order valence-electron chi connectivity index (χ3n) is 2.75. The highest BCUT2D eigenvalue weighted by molar-refractivity contribution is 5.85. The fourth-order valence-corrected chi connectivity index (χ4v) is 1.84. The number of fused-ring (bicyclic) bond motifs is 1. The number of rotatable bonds is 4. The third kappa shape index (κ3) is 3.42. The van der Waals surface area contributed by atoms with E-state index in [1.54, 1.807) is 24.3 Å². The van der Waals surface area contributed by atoms with Gasteiger partial charge in [0.15, 0.2) is 0 Å². The minimum Gasteiger partial charge on any atom is -0.772 e. The minimum atomic E-state index is 0. The first-order chi connectivity index (χ1) is 8.59. The predicted molar refractivity (Wildman–Crippen MR) is 76.0 cm³/mol. The van der Waals surface area contributed by atoms with Crippen LogP contribution < -0.4 is 4.43 Å². The topological polar surface area (TPSA) is 67.1 Å². The first kappa shape index (κ1) is 15.4. The molecule has 0 aliphatic carbocycles. The Morgan fingerprint density at radius 2 is 2.05 bits per heavy atom. The summed E-state index contributed by atoms with van der Waals surface area (Å²) in [5, 5.41) is 15.5. The van der Waals surface area contributed by atoms with Gasteiger partial charge in [-0.1, -0.05) is 17.0 Å². The van der Waals surface area contributed by atoms with Crippen LogP contribution in [-0.4, -0.2) is 35.5 Å². The van der Waals surface area contributed by atoms with Crippen LogP contribution in [0.2, 0.25) is 0 Å². The molecule has 1 heterocycles. The molecule has 6 nitrogen and oxygen atoms in total. The molecule has 0 radical (unpaired) electrons. The summed E-state index contributed by atoms with van der Waals surface area (Å²) in [6, 6.07) is 6.67. The van der Waals surface area contributed by atoms with E-state index in [4.69, 9.17) is 0 Å². The Kier molecular flexibility index (Phi) is 5.26. The minimum absolute atomic E-state index is 0. The lowest BCUT2D eigenvalue weighted by atomic mass is 10.2. The zero-order valence-electron chi connectivity index (χ0n) is 10.9. The van der Waals surface area contributed by atoms with E-state index in [2.05, 4.69) is 5.10 Å². The van der Waals surface area contributed by atoms with Crippen LogP contribution in [-0.2, 0) is 6.42 Å². The van der Waals surface area contributed by atoms with E-state index in [-0.39, 0.29) is 18.2 Å². The predicted octanol–water partition coefficient (Wildman–Crippen LogP) is 1.21. The van der Waals surface area contributed by atoms with Crippen LogP contribution in [0.1, 0.15) is 12.2 Å². The maximum absolute atomic E-state index is 12.0. The molecule has 2 aromatic rings. The van der Waals surface area contributed by atoms with Crippen LogP contribution in [0.5, 0.6) is 0 Å². The summed E-state index contributed by atoms with van der Waals surface area (Å²) in [4.78, 5) is 14.6. The highest BCUT2D eigenvalue weighted by atomic mass is 35.5. The number of hydrogen-bond acceptors (Lipinski definition) is 4. The molecule has 1 aromatic carbocycles. The lowest BCUT2D eigenvalue weighted by Crippen LogP contribution is -2.28. The van der Waals surface area contributed by atoms with Gasteiger partial charge >= 0.3 is 5.82 Å². The SMILES string of the molecule is CN(C)CCCc1nn([O-])c2ccccc2[n+]1=O.Cl. The van der Waals surface area contributed by atoms with Gasteiger partial charge in [0.05, 0.1) is 11.5 Å². The van der Waals surface area contributed by atoms with Gasteiger partial charge < -0.3 is 10.1 Å². The number of aromatic nitrogens is 3. The normalized spacial score (nSPS) is 10.7. The van der Waals surface area contributed by atoms with Crippen molar-refractivity contribution in [3.8, 4) is 0 Å². The number of aryl methyl sites for hydroxylation is 1. The first-order valence-corrected chi connectivity index (χ1v) is 5.85. The fourth-order valence-electron chi connectivity index (χ4n) is 1.84. The Hall–Kier alpha value is -1.66. The summed E-state index contributed by atoms with van der Waals surface area (Å²) in [7, 11) is 3.93. The second kappa shape index (κ2) is 6.49. The van der Waals surface area contributed by atoms with Crippen molar-refractivity contribution in [2.24, 2.45) is 0 Å². The lowest BCUT2D eigenvalue weighted by Gasteiger charge is -2.08. The van der Waals surface area contributed by atoms with E-state index in [0.717, 1.165) is 17.4 Å². The molecule has 0 N–H and O–H groups in total. The Bertz CT molecular complexity index is 612. The number of halogens is 1. The smallest absolute Gasteiger partial charge is 0.367 e. The Balaban J connectivity index is 0.00000180. The maximum atomic E-state index is 12.0. The van der Waals surface area contributed by atoms with E-state index < -0.39 is 0 Å². The number of benzene rings is 1. The quantitative estimate of drug-likeness (QED) is 0.792. The van der Waals surface area contributed by atoms with Gasteiger partial charge in [-0.3, -0.25) is 0 Å². The van der Waals surface area contributed by atoms with Gasteiger partial charge in [-0.25, -0.2) is 0 Å². The fraction of sp³-hybridized carbons (Fsp3) is 0.417. The van der Waals surface area contributed by atoms with Gasteiger partial charge in [0.2, 0.25) is 5.52 Å². The van der Waals surface area contributed by atoms with Crippen molar-refractivity contribution in [3.63, 3.8) is 0 Å². The molecule has 0 saturated heterocycles. The molecule has 0 aliphatic rings. The zero-order chi connectivity index (χ0) is 13.1. The highest BCUT2D eigenvalue weighted by Gasteiger charge is 2.15. The Morgan fingerprint density at radius 1 is 1.37 bits per heavy atom. The molecule has 0 fully saturated rings. The Labute approximate surface area is 117 Å². The maximum Gasteiger partial charge on any atom is 0.367 e. The van der Waals surface area contributed by atoms with Gasteiger partial charge in [-0.2, -0.15) is 4.85 Å². The van der Waals surface area contributed by atoms with Gasteiger partial charge in [-0.15, -0.1) is 12.4 Å². The largest absolute Gasteiger partial charge is 0.772 e. The van der Waals surface area contributed by atoms with Crippen LogP contribution in [0.25, 0.3) is 11.0 Å². The molecular formula is C12H17ClN4O2. The van der Waals surface area contributed by atoms with Crippen molar-refractivity contribution in [2.45, 2.75) is 12.8 Å². The van der Waals surface area contributed by atoms with Gasteiger partial charge in [0.25, 0.3) is 0 Å². The molecule has 19 heavy (non-hydrogen) atoms. The van der Waals surface area contributed by atoms with Gasteiger partial charge in [0, 0.05) is 4.43 Å². The van der Waals surface area contributed by atoms with E-state index in [9.17, 15) is 10.1 Å². The van der Waals surface area contributed by atoms with Crippen molar-refractivity contribution in [1.82, 2.24) is 14.8 Å². The molecule has 1 aromatic heterocycles. The van der Waals surface area contributed by atoms with Crippen molar-refractivity contribution in [3.05, 3.63) is 40.2 Å². The van der Waals surface area contributed by atoms with Crippen LogP contribution in [0.15, 0.2) is 24.3 Å². The lowest BCUT2D eigenvalue weighted by molar-refractivity contribution is -0.480. The van der Waals surface area contributed by atoms with Gasteiger partial charge in [-0.05, 0) is 39.2 Å². The van der Waals surface area contributed by atoms with E-state index in [1.165, 1.54) is 0 Å². The van der Waals surface area contributed by atoms with Crippen LogP contribution in [0.4, 0.5) is 0 Å². The second-order valence-electron chi connectivity index (χ2n) is 4.48. The van der Waals surface area contributed by atoms with Crippen LogP contribution in [0, 0.1) is 10.1 Å². The first-order valence-electron chi connectivity index (χ1n) is 5.85. The second-order valence-corrected chi connectivity index (χ2v) is 4.48. The number of para-hydroxylation sites is 2. The molecule has 104 valence electrons. The third-order valence-corrected chi connectivity index (χ3v) is 2.75. The molecule has 2 rings (SSSR count). The summed E-state index contributed by atoms with van der Waals surface area (Å²) in [6.45, 7) is 0.855. The molecule has 0 aliphatic heterocycles. The zero-order valence-corrected chi connectivity index (χ0v) is 11.8. The summed E-state index contributed by atoms with van der Waals surface area (Å²) < 4.78 is 0.749. The molecular weight excluding hydrogens is 268 g/mol. The van der Waals surface area contributed by atoms with E-state index in [1.807, 2.05) is 19.0 Å². The molecule has 0 bridgehead atoms. The van der Waals surface area contributed by atoms with Crippen molar-refractivity contribution < 1.29 is 4.43 Å². The average molecular weight is 285 g/mol. The standard InChI is InChI=1S/C12H16N4O2.ClH/c1-14(2)9-5-8-12-13-16(18)11-7-4-3-6-10(11)15(12)17;/h3-4,6-7H,5,8-9H2,1-2H3;1H. The molecule has 0 atom stereocenters. The molecule has 0 saturated carbocycles. The van der Waals surface area contributed by atoms with Crippen molar-refractivity contribution in [1.29, 1.82) is 0 Å². The summed E-state index contributed by atoms with van der Waals surface area (Å²) in [6.07, 6.45) is 1.29. The van der Waals surface area contributed by atoms with Crippen LogP contribution >= 0.6 is 12.4 Å². The number of nitrogens with zero attached hydrogens (tertiary/aromatic N) is 4. The highest BCUT2D eigenvalue weighted by Crippen LogP contribution is 2.07. The molecule has 0 amide bonds. The summed E-state index contributed by atoms with van der Waals surface area (Å²) in [5.41, 5.74) is 0.659. The van der Waals surface area contributed by atoms with E-state index >= 15 is 0 Å². The monoisotopic (exact) mass is 284 g/mol. The molecule has 0 unspecified atom stereocenters.